The van der Waals surface area contributed by atoms with Crippen molar-refractivity contribution in [1.29, 1.82) is 0 Å². The van der Waals surface area contributed by atoms with E-state index in [4.69, 9.17) is 9.47 Å². The summed E-state index contributed by atoms with van der Waals surface area (Å²) in [7, 11) is 0. The zero-order chi connectivity index (χ0) is 25.5. The number of halogens is 1. The Hall–Kier alpha value is -3.74. The minimum atomic E-state index is -0.580. The van der Waals surface area contributed by atoms with E-state index in [1.54, 1.807) is 0 Å². The second-order valence-electron chi connectivity index (χ2n) is 8.81. The Morgan fingerprint density at radius 1 is 1.00 bits per heavy atom. The van der Waals surface area contributed by atoms with Crippen LogP contribution in [0.5, 0.6) is 5.75 Å². The van der Waals surface area contributed by atoms with E-state index in [0.717, 1.165) is 27.8 Å². The van der Waals surface area contributed by atoms with Crippen LogP contribution in [0, 0.1) is 0 Å². The molecule has 0 unspecified atom stereocenters. The van der Waals surface area contributed by atoms with Crippen LogP contribution in [0.3, 0.4) is 0 Å². The summed E-state index contributed by atoms with van der Waals surface area (Å²) in [5, 5.41) is 0. The number of amides is 2. The lowest BCUT2D eigenvalue weighted by Crippen LogP contribution is -2.41. The number of nitrogens with zero attached hydrogens (tertiary/aromatic N) is 1. The molecule has 1 saturated heterocycles. The van der Waals surface area contributed by atoms with E-state index in [-0.39, 0.29) is 45.7 Å². The number of hydrogen-bond acceptors (Lipinski definition) is 4. The average molecular weight is 603 g/mol. The van der Waals surface area contributed by atoms with Crippen LogP contribution in [-0.4, -0.2) is 33.2 Å². The fraction of sp³-hybridized carbons (Fsp3) is 0.161. The number of benzene rings is 3. The molecular weight excluding hydrogens is 577 g/mol. The average Bonchev–Trinajstić information content (AvgIpc) is 3.10. The highest BCUT2D eigenvalue weighted by atomic mass is 127. The van der Waals surface area contributed by atoms with Crippen LogP contribution < -0.4 is 4.74 Å². The number of carbonyl (C=O) groups is 2. The zero-order valence-electron chi connectivity index (χ0n) is 20.2. The van der Waals surface area contributed by atoms with Gasteiger partial charge >= 0.3 is 6.09 Å². The molecule has 1 atom stereocenters. The molecule has 0 bridgehead atoms. The number of rotatable bonds is 8. The van der Waals surface area contributed by atoms with Gasteiger partial charge in [0.25, 0.3) is 0 Å². The fourth-order valence-corrected chi connectivity index (χ4v) is 5.82. The Balaban J connectivity index is 1.38. The van der Waals surface area contributed by atoms with Gasteiger partial charge in [-0.1, -0.05) is 82.5 Å². The quantitative estimate of drug-likeness (QED) is 0.287. The van der Waals surface area contributed by atoms with E-state index in [2.05, 4.69) is 13.8 Å². The van der Waals surface area contributed by atoms with Crippen molar-refractivity contribution in [1.82, 2.24) is 4.90 Å². The highest BCUT2D eigenvalue weighted by Gasteiger charge is 2.37. The van der Waals surface area contributed by atoms with E-state index in [9.17, 15) is 9.59 Å². The van der Waals surface area contributed by atoms with Crippen molar-refractivity contribution in [3.63, 3.8) is 0 Å². The molecule has 2 aliphatic rings. The van der Waals surface area contributed by atoms with Crippen LogP contribution in [0.4, 0.5) is 4.79 Å². The number of allylic oxidation sites excluding steroid dienone is 4. The normalized spacial score (nSPS) is 16.5. The second-order valence-corrected chi connectivity index (χ2v) is 10.7. The summed E-state index contributed by atoms with van der Waals surface area (Å²) in [5.74, 6) is 0.407. The van der Waals surface area contributed by atoms with Crippen LogP contribution >= 0.6 is 20.7 Å². The molecule has 1 fully saturated rings. The predicted molar refractivity (Wildman–Crippen MR) is 154 cm³/mol. The van der Waals surface area contributed by atoms with Gasteiger partial charge in [0.05, 0.1) is 12.5 Å². The first kappa shape index (κ1) is 24.9. The maximum atomic E-state index is 13.4. The molecule has 2 heterocycles. The monoisotopic (exact) mass is 603 g/mol. The molecule has 0 saturated carbocycles. The third-order valence-electron chi connectivity index (χ3n) is 6.12. The first-order valence-electron chi connectivity index (χ1n) is 12.1. The Kier molecular flexibility index (Phi) is 8.08. The summed E-state index contributed by atoms with van der Waals surface area (Å²) >= 11 is -0.313. The molecule has 186 valence electrons. The minimum Gasteiger partial charge on any atom is -0.489 e. The van der Waals surface area contributed by atoms with Crippen molar-refractivity contribution in [3.8, 4) is 5.75 Å². The summed E-state index contributed by atoms with van der Waals surface area (Å²) in [5.41, 5.74) is 4.97. The number of ether oxygens (including phenoxy) is 2. The Morgan fingerprint density at radius 2 is 1.76 bits per heavy atom. The van der Waals surface area contributed by atoms with Gasteiger partial charge in [0.2, 0.25) is 5.91 Å². The number of imide groups is 1. The summed E-state index contributed by atoms with van der Waals surface area (Å²) in [6, 6.07) is 25.4. The van der Waals surface area contributed by atoms with Gasteiger partial charge in [0.1, 0.15) is 19.0 Å². The Morgan fingerprint density at radius 3 is 2.54 bits per heavy atom. The molecule has 0 N–H and O–H groups in total. The van der Waals surface area contributed by atoms with Crippen LogP contribution in [0.1, 0.15) is 22.3 Å². The fourth-order valence-electron chi connectivity index (χ4n) is 4.33. The summed E-state index contributed by atoms with van der Waals surface area (Å²) in [6.45, 7) is 0.627. The molecule has 3 aromatic carbocycles. The highest BCUT2D eigenvalue weighted by Crippen LogP contribution is 2.28. The van der Waals surface area contributed by atoms with Crippen molar-refractivity contribution in [2.45, 2.75) is 25.5 Å². The molecular formula is C31H26INO4. The topological polar surface area (TPSA) is 55.8 Å². The summed E-state index contributed by atoms with van der Waals surface area (Å²) < 4.78 is 16.9. The van der Waals surface area contributed by atoms with E-state index in [1.165, 1.54) is 4.90 Å². The molecule has 37 heavy (non-hydrogen) atoms. The van der Waals surface area contributed by atoms with Crippen molar-refractivity contribution in [2.24, 2.45) is 0 Å². The molecule has 0 radical (unpaired) electrons. The number of carbonyl (C=O) groups excluding carboxylic acids is 2. The zero-order valence-corrected chi connectivity index (χ0v) is 22.3. The highest BCUT2D eigenvalue weighted by molar-refractivity contribution is 14.2. The first-order valence-corrected chi connectivity index (χ1v) is 14.4. The van der Waals surface area contributed by atoms with E-state index in [1.807, 2.05) is 91.0 Å². The maximum absolute atomic E-state index is 13.4. The van der Waals surface area contributed by atoms with E-state index >= 15 is 0 Å². The van der Waals surface area contributed by atoms with Crippen molar-refractivity contribution in [3.05, 3.63) is 123 Å². The molecule has 0 spiro atoms. The lowest BCUT2D eigenvalue weighted by molar-refractivity contribution is -0.128. The Bertz CT molecular complexity index is 1410. The van der Waals surface area contributed by atoms with Crippen LogP contribution in [0.2, 0.25) is 0 Å². The van der Waals surface area contributed by atoms with Crippen LogP contribution in [0.25, 0.3) is 5.57 Å². The third kappa shape index (κ3) is 6.53. The van der Waals surface area contributed by atoms with Gasteiger partial charge in [-0.05, 0) is 77.3 Å². The molecule has 3 aromatic rings. The second kappa shape index (κ2) is 12.0. The maximum Gasteiger partial charge on any atom is 0.416 e. The van der Waals surface area contributed by atoms with Gasteiger partial charge in [-0.3, -0.25) is 4.79 Å². The minimum absolute atomic E-state index is 0.0757. The lowest BCUT2D eigenvalue weighted by Gasteiger charge is -2.20. The molecule has 0 aliphatic carbocycles. The predicted octanol–water partition coefficient (Wildman–Crippen LogP) is 6.24. The molecule has 0 aromatic heterocycles. The van der Waals surface area contributed by atoms with Gasteiger partial charge in [-0.15, -0.1) is 0 Å². The molecule has 5 rings (SSSR count). The Labute approximate surface area is 226 Å². The van der Waals surface area contributed by atoms with E-state index < -0.39 is 6.09 Å². The van der Waals surface area contributed by atoms with Crippen LogP contribution in [0.15, 0.2) is 101 Å². The molecule has 5 nitrogen and oxygen atoms in total. The summed E-state index contributed by atoms with van der Waals surface area (Å²) in [6.07, 6.45) is 6.04. The standard InChI is InChI=1S/C31H26INO4/c34-30(33-28(22-37-31(33)35)16-23-9-3-1-4-10-23)18-25-15-27(26-13-7-8-14-32-20-26)19-29(17-25)36-21-24-11-5-2-6-12-24/h1-13,15,17,19-20,28H,16,18,21-22H2/t28-/m0/s1. The first-order chi connectivity index (χ1) is 18.2. The van der Waals surface area contributed by atoms with Gasteiger partial charge < -0.3 is 9.47 Å². The van der Waals surface area contributed by atoms with Gasteiger partial charge in [-0.2, -0.15) is 0 Å². The number of cyclic esters (lactones) is 1. The van der Waals surface area contributed by atoms with Gasteiger partial charge in [-0.25, -0.2) is 9.69 Å². The van der Waals surface area contributed by atoms with Gasteiger partial charge in [0.15, 0.2) is 0 Å². The van der Waals surface area contributed by atoms with Crippen LogP contribution in [-0.2, 0) is 29.0 Å². The molecule has 2 amide bonds. The summed E-state index contributed by atoms with van der Waals surface area (Å²) in [4.78, 5) is 27.2. The van der Waals surface area contributed by atoms with Gasteiger partial charge in [0, 0.05) is 0 Å². The SMILES string of the molecule is O=C(Cc1cc(OCc2ccccc2)cc(C2=CI=C=CC=C2)c1)N1C(=O)OC[C@@H]1Cc1ccccc1. The van der Waals surface area contributed by atoms with E-state index in [0.29, 0.717) is 18.8 Å². The van der Waals surface area contributed by atoms with Crippen molar-refractivity contribution >= 4 is 42.0 Å². The largest absolute Gasteiger partial charge is 0.489 e. The van der Waals surface area contributed by atoms with Crippen molar-refractivity contribution < 1.29 is 19.1 Å². The molecule has 6 heteroatoms. The molecule has 2 aliphatic heterocycles. The lowest BCUT2D eigenvalue weighted by atomic mass is 10.0. The third-order valence-corrected chi connectivity index (χ3v) is 7.82. The number of hydrogen-bond donors (Lipinski definition) is 0. The van der Waals surface area contributed by atoms with Crippen molar-refractivity contribution in [2.75, 3.05) is 6.61 Å². The smallest absolute Gasteiger partial charge is 0.416 e.